The molecule has 6 heteroatoms. The van der Waals surface area contributed by atoms with Crippen LogP contribution >= 0.6 is 0 Å². The lowest BCUT2D eigenvalue weighted by Gasteiger charge is -2.17. The predicted octanol–water partition coefficient (Wildman–Crippen LogP) is 1.79. The molecule has 0 aliphatic heterocycles. The Morgan fingerprint density at radius 2 is 1.90 bits per heavy atom. The van der Waals surface area contributed by atoms with E-state index in [1.54, 1.807) is 32.0 Å². The molecule has 1 aromatic rings. The molecule has 0 spiro atoms. The quantitative estimate of drug-likeness (QED) is 0.801. The van der Waals surface area contributed by atoms with Gasteiger partial charge >= 0.3 is 5.97 Å². The summed E-state index contributed by atoms with van der Waals surface area (Å²) in [5.41, 5.74) is 0.310. The molecule has 21 heavy (non-hydrogen) atoms. The van der Waals surface area contributed by atoms with E-state index in [1.165, 1.54) is 14.2 Å². The predicted molar refractivity (Wildman–Crippen MR) is 77.8 cm³/mol. The van der Waals surface area contributed by atoms with Gasteiger partial charge in [-0.3, -0.25) is 9.59 Å². The Kier molecular flexibility index (Phi) is 6.02. The van der Waals surface area contributed by atoms with Crippen molar-refractivity contribution in [2.24, 2.45) is 11.8 Å². The fraction of sp³-hybridized carbons (Fsp3) is 0.467. The molecule has 2 N–H and O–H groups in total. The summed E-state index contributed by atoms with van der Waals surface area (Å²) in [6.45, 7) is 3.67. The molecule has 0 aliphatic rings. The third kappa shape index (κ3) is 4.11. The van der Waals surface area contributed by atoms with Crippen LogP contribution < -0.4 is 14.8 Å². The molecule has 1 aromatic carbocycles. The molecule has 6 nitrogen and oxygen atoms in total. The first-order valence-electron chi connectivity index (χ1n) is 6.64. The molecule has 1 unspecified atom stereocenters. The zero-order valence-electron chi connectivity index (χ0n) is 12.7. The largest absolute Gasteiger partial charge is 0.493 e. The number of hydrogen-bond acceptors (Lipinski definition) is 4. The molecular weight excluding hydrogens is 274 g/mol. The van der Waals surface area contributed by atoms with Crippen LogP contribution in [0.15, 0.2) is 18.2 Å². The number of benzene rings is 1. The molecule has 0 heterocycles. The van der Waals surface area contributed by atoms with Gasteiger partial charge in [0.15, 0.2) is 11.5 Å². The lowest BCUT2D eigenvalue weighted by Crippen LogP contribution is -2.35. The Hall–Kier alpha value is -2.24. The van der Waals surface area contributed by atoms with Crippen molar-refractivity contribution < 1.29 is 24.2 Å². The van der Waals surface area contributed by atoms with Crippen LogP contribution in [-0.2, 0) is 4.79 Å². The van der Waals surface area contributed by atoms with Crippen LogP contribution in [-0.4, -0.2) is 37.7 Å². The molecule has 0 aliphatic carbocycles. The van der Waals surface area contributed by atoms with E-state index < -0.39 is 17.8 Å². The van der Waals surface area contributed by atoms with Crippen LogP contribution in [0.5, 0.6) is 11.5 Å². The maximum atomic E-state index is 12.2. The van der Waals surface area contributed by atoms with Crippen molar-refractivity contribution in [1.29, 1.82) is 0 Å². The van der Waals surface area contributed by atoms with Gasteiger partial charge in [0.25, 0.3) is 5.91 Å². The number of hydrogen-bond donors (Lipinski definition) is 2. The number of aliphatic carboxylic acids is 1. The number of carboxylic acids is 1. The van der Waals surface area contributed by atoms with Crippen LogP contribution in [0.2, 0.25) is 0 Å². The summed E-state index contributed by atoms with van der Waals surface area (Å²) >= 11 is 0. The summed E-state index contributed by atoms with van der Waals surface area (Å²) in [5.74, 6) is -1.25. The van der Waals surface area contributed by atoms with Gasteiger partial charge < -0.3 is 19.9 Å². The minimum Gasteiger partial charge on any atom is -0.493 e. The lowest BCUT2D eigenvalue weighted by atomic mass is 9.96. The van der Waals surface area contributed by atoms with E-state index in [0.29, 0.717) is 17.1 Å². The number of ether oxygens (including phenoxy) is 2. The summed E-state index contributed by atoms with van der Waals surface area (Å²) in [6, 6.07) is 4.96. The number of methoxy groups -OCH3 is 2. The zero-order valence-corrected chi connectivity index (χ0v) is 12.7. The SMILES string of the molecule is COc1cccc(C(=O)NCC(C(=O)O)C(C)C)c1OC. The highest BCUT2D eigenvalue weighted by atomic mass is 16.5. The molecule has 0 aromatic heterocycles. The van der Waals surface area contributed by atoms with Crippen molar-refractivity contribution in [2.75, 3.05) is 20.8 Å². The number of carbonyl (C=O) groups is 2. The van der Waals surface area contributed by atoms with Gasteiger partial charge in [-0.1, -0.05) is 19.9 Å². The summed E-state index contributed by atoms with van der Waals surface area (Å²) < 4.78 is 10.3. The van der Waals surface area contributed by atoms with E-state index in [1.807, 2.05) is 0 Å². The minimum atomic E-state index is -0.928. The van der Waals surface area contributed by atoms with E-state index in [2.05, 4.69) is 5.32 Å². The topological polar surface area (TPSA) is 84.9 Å². The molecule has 1 atom stereocenters. The summed E-state index contributed by atoms with van der Waals surface area (Å²) in [7, 11) is 2.93. The van der Waals surface area contributed by atoms with Gasteiger partial charge in [0, 0.05) is 6.54 Å². The van der Waals surface area contributed by atoms with Gasteiger partial charge in [-0.15, -0.1) is 0 Å². The molecule has 0 saturated carbocycles. The maximum absolute atomic E-state index is 12.2. The smallest absolute Gasteiger partial charge is 0.308 e. The van der Waals surface area contributed by atoms with Crippen LogP contribution in [0.4, 0.5) is 0 Å². The Balaban J connectivity index is 2.87. The van der Waals surface area contributed by atoms with Crippen molar-refractivity contribution in [2.45, 2.75) is 13.8 Å². The Labute approximate surface area is 124 Å². The summed E-state index contributed by atoms with van der Waals surface area (Å²) in [5, 5.41) is 11.7. The molecule has 0 radical (unpaired) electrons. The van der Waals surface area contributed by atoms with E-state index in [4.69, 9.17) is 14.6 Å². The molecule has 1 rings (SSSR count). The van der Waals surface area contributed by atoms with Gasteiger partial charge in [-0.05, 0) is 18.1 Å². The van der Waals surface area contributed by atoms with Crippen LogP contribution in [0.3, 0.4) is 0 Å². The monoisotopic (exact) mass is 295 g/mol. The second-order valence-corrected chi connectivity index (χ2v) is 4.94. The fourth-order valence-corrected chi connectivity index (χ4v) is 1.97. The highest BCUT2D eigenvalue weighted by Gasteiger charge is 2.23. The Morgan fingerprint density at radius 3 is 2.38 bits per heavy atom. The first kappa shape index (κ1) is 16.8. The maximum Gasteiger partial charge on any atom is 0.308 e. The Morgan fingerprint density at radius 1 is 1.24 bits per heavy atom. The highest BCUT2D eigenvalue weighted by molar-refractivity contribution is 5.98. The van der Waals surface area contributed by atoms with Crippen molar-refractivity contribution in [1.82, 2.24) is 5.32 Å². The van der Waals surface area contributed by atoms with Crippen LogP contribution in [0.1, 0.15) is 24.2 Å². The third-order valence-electron chi connectivity index (χ3n) is 3.25. The van der Waals surface area contributed by atoms with E-state index in [-0.39, 0.29) is 12.5 Å². The average Bonchev–Trinajstić information content (AvgIpc) is 2.45. The molecule has 0 bridgehead atoms. The van der Waals surface area contributed by atoms with E-state index >= 15 is 0 Å². The fourth-order valence-electron chi connectivity index (χ4n) is 1.97. The van der Waals surface area contributed by atoms with Gasteiger partial charge in [0.05, 0.1) is 25.7 Å². The van der Waals surface area contributed by atoms with Gasteiger partial charge in [-0.25, -0.2) is 0 Å². The Bertz CT molecular complexity index is 513. The molecule has 116 valence electrons. The van der Waals surface area contributed by atoms with Gasteiger partial charge in [0.2, 0.25) is 0 Å². The van der Waals surface area contributed by atoms with E-state index in [0.717, 1.165) is 0 Å². The number of para-hydroxylation sites is 1. The number of rotatable bonds is 7. The van der Waals surface area contributed by atoms with Crippen molar-refractivity contribution in [3.05, 3.63) is 23.8 Å². The zero-order chi connectivity index (χ0) is 16.0. The van der Waals surface area contributed by atoms with E-state index in [9.17, 15) is 9.59 Å². The minimum absolute atomic E-state index is 0.0617. The molecule has 1 amide bonds. The second kappa shape index (κ2) is 7.52. The van der Waals surface area contributed by atoms with Crippen molar-refractivity contribution in [3.63, 3.8) is 0 Å². The average molecular weight is 295 g/mol. The van der Waals surface area contributed by atoms with Crippen molar-refractivity contribution in [3.8, 4) is 11.5 Å². The van der Waals surface area contributed by atoms with Gasteiger partial charge in [0.1, 0.15) is 0 Å². The first-order chi connectivity index (χ1) is 9.92. The first-order valence-corrected chi connectivity index (χ1v) is 6.64. The van der Waals surface area contributed by atoms with Crippen LogP contribution in [0.25, 0.3) is 0 Å². The number of carbonyl (C=O) groups excluding carboxylic acids is 1. The summed E-state index contributed by atoms with van der Waals surface area (Å²) in [6.07, 6.45) is 0. The third-order valence-corrected chi connectivity index (χ3v) is 3.25. The second-order valence-electron chi connectivity index (χ2n) is 4.94. The normalized spacial score (nSPS) is 11.9. The summed E-state index contributed by atoms with van der Waals surface area (Å²) in [4.78, 5) is 23.3. The molecular formula is C15H21NO5. The van der Waals surface area contributed by atoms with Crippen molar-refractivity contribution >= 4 is 11.9 Å². The van der Waals surface area contributed by atoms with Gasteiger partial charge in [-0.2, -0.15) is 0 Å². The number of amides is 1. The molecule has 0 saturated heterocycles. The standard InChI is InChI=1S/C15H21NO5/c1-9(2)11(15(18)19)8-16-14(17)10-6-5-7-12(20-3)13(10)21-4/h5-7,9,11H,8H2,1-4H3,(H,16,17)(H,18,19). The highest BCUT2D eigenvalue weighted by Crippen LogP contribution is 2.30. The van der Waals surface area contributed by atoms with Crippen LogP contribution in [0, 0.1) is 11.8 Å². The number of carboxylic acid groups (broad SMARTS) is 1. The number of nitrogens with one attached hydrogen (secondary N) is 1. The lowest BCUT2D eigenvalue weighted by molar-refractivity contribution is -0.142. The molecule has 0 fully saturated rings.